The molecule has 1 fully saturated rings. The van der Waals surface area contributed by atoms with Gasteiger partial charge < -0.3 is 15.0 Å². The fraction of sp³-hybridized carbons (Fsp3) is 0.636. The third-order valence-electron chi connectivity index (χ3n) is 4.78. The van der Waals surface area contributed by atoms with Gasteiger partial charge >= 0.3 is 6.09 Å². The van der Waals surface area contributed by atoms with E-state index in [2.05, 4.69) is 10.0 Å². The summed E-state index contributed by atoms with van der Waals surface area (Å²) in [5, 5.41) is 2.91. The predicted molar refractivity (Wildman–Crippen MR) is 120 cm³/mol. The van der Waals surface area contributed by atoms with Gasteiger partial charge in [0.1, 0.15) is 5.60 Å². The number of nitrogens with zero attached hydrogens (tertiary/aromatic N) is 1. The van der Waals surface area contributed by atoms with Crippen LogP contribution in [0.15, 0.2) is 24.3 Å². The molecule has 9 heteroatoms. The van der Waals surface area contributed by atoms with E-state index in [1.54, 1.807) is 30.9 Å². The molecule has 1 aromatic rings. The largest absolute Gasteiger partial charge is 0.444 e. The monoisotopic (exact) mass is 453 g/mol. The Morgan fingerprint density at radius 1 is 1.19 bits per heavy atom. The van der Waals surface area contributed by atoms with Crippen LogP contribution in [0.4, 0.5) is 4.79 Å². The molecule has 0 saturated carbocycles. The van der Waals surface area contributed by atoms with Crippen LogP contribution in [-0.4, -0.2) is 50.1 Å². The van der Waals surface area contributed by atoms with Gasteiger partial charge in [0.25, 0.3) is 0 Å². The molecule has 1 aliphatic rings. The van der Waals surface area contributed by atoms with Crippen LogP contribution >= 0.6 is 0 Å². The molecule has 2 rings (SSSR count). The quantitative estimate of drug-likeness (QED) is 0.661. The molecule has 0 spiro atoms. The van der Waals surface area contributed by atoms with Crippen molar-refractivity contribution in [3.8, 4) is 0 Å². The fourth-order valence-electron chi connectivity index (χ4n) is 3.49. The van der Waals surface area contributed by atoms with Crippen LogP contribution in [0.25, 0.3) is 0 Å². The van der Waals surface area contributed by atoms with E-state index in [0.29, 0.717) is 25.1 Å². The van der Waals surface area contributed by atoms with Gasteiger partial charge in [-0.15, -0.1) is 0 Å². The zero-order chi connectivity index (χ0) is 23.2. The summed E-state index contributed by atoms with van der Waals surface area (Å²) < 4.78 is 32.6. The number of hydrogen-bond acceptors (Lipinski definition) is 5. The van der Waals surface area contributed by atoms with Crippen molar-refractivity contribution in [3.63, 3.8) is 0 Å². The molecule has 1 saturated heterocycles. The number of nitrogens with one attached hydrogen (secondary N) is 2. The standard InChI is InChI=1S/C22H35N3O5S/c1-16(2)24-31(28,29)15-19-10-7-6-9-17(19)13-23-20(26)18-11-8-12-25(14-18)21(27)30-22(3,4)5/h6-7,9-10,16,18,24H,8,11-15H2,1-5H3,(H,23,26). The molecule has 1 unspecified atom stereocenters. The number of ether oxygens (including phenoxy) is 1. The van der Waals surface area contributed by atoms with E-state index in [-0.39, 0.29) is 30.2 Å². The van der Waals surface area contributed by atoms with Crippen LogP contribution in [0.5, 0.6) is 0 Å². The maximum Gasteiger partial charge on any atom is 0.410 e. The molecule has 1 aromatic carbocycles. The number of hydrogen-bond donors (Lipinski definition) is 2. The Kier molecular flexibility index (Phi) is 8.48. The first-order valence-electron chi connectivity index (χ1n) is 10.7. The number of piperidine rings is 1. The SMILES string of the molecule is CC(C)NS(=O)(=O)Cc1ccccc1CNC(=O)C1CCCN(C(=O)OC(C)(C)C)C1. The predicted octanol–water partition coefficient (Wildman–Crippen LogP) is 2.78. The Labute approximate surface area is 185 Å². The molecule has 8 nitrogen and oxygen atoms in total. The lowest BCUT2D eigenvalue weighted by Crippen LogP contribution is -2.47. The molecule has 0 bridgehead atoms. The van der Waals surface area contributed by atoms with E-state index >= 15 is 0 Å². The summed E-state index contributed by atoms with van der Waals surface area (Å²) in [6, 6.07) is 6.99. The number of amides is 2. The van der Waals surface area contributed by atoms with Crippen molar-refractivity contribution in [2.45, 2.75) is 71.4 Å². The van der Waals surface area contributed by atoms with Gasteiger partial charge in [0, 0.05) is 25.7 Å². The molecular formula is C22H35N3O5S. The number of sulfonamides is 1. The molecule has 2 N–H and O–H groups in total. The van der Waals surface area contributed by atoms with Crippen molar-refractivity contribution >= 4 is 22.0 Å². The van der Waals surface area contributed by atoms with Crippen LogP contribution in [0.2, 0.25) is 0 Å². The molecule has 1 aliphatic heterocycles. The Bertz CT molecular complexity index is 877. The van der Waals surface area contributed by atoms with Crippen LogP contribution in [-0.2, 0) is 31.9 Å². The van der Waals surface area contributed by atoms with Crippen molar-refractivity contribution in [3.05, 3.63) is 35.4 Å². The van der Waals surface area contributed by atoms with E-state index in [0.717, 1.165) is 12.0 Å². The van der Waals surface area contributed by atoms with E-state index in [4.69, 9.17) is 4.74 Å². The lowest BCUT2D eigenvalue weighted by molar-refractivity contribution is -0.126. The minimum absolute atomic E-state index is 0.146. The first-order valence-corrected chi connectivity index (χ1v) is 12.3. The van der Waals surface area contributed by atoms with Gasteiger partial charge in [-0.2, -0.15) is 0 Å². The van der Waals surface area contributed by atoms with Crippen molar-refractivity contribution in [1.82, 2.24) is 14.9 Å². The highest BCUT2D eigenvalue weighted by atomic mass is 32.2. The first-order chi connectivity index (χ1) is 14.4. The molecule has 1 atom stereocenters. The van der Waals surface area contributed by atoms with Crippen molar-refractivity contribution in [2.24, 2.45) is 5.92 Å². The summed E-state index contributed by atoms with van der Waals surface area (Å²) in [5.41, 5.74) is 0.820. The van der Waals surface area contributed by atoms with E-state index in [9.17, 15) is 18.0 Å². The Balaban J connectivity index is 1.97. The normalized spacial score (nSPS) is 17.5. The maximum absolute atomic E-state index is 12.7. The second kappa shape index (κ2) is 10.5. The smallest absolute Gasteiger partial charge is 0.410 e. The van der Waals surface area contributed by atoms with Crippen LogP contribution in [0.3, 0.4) is 0 Å². The van der Waals surface area contributed by atoms with E-state index in [1.165, 1.54) is 0 Å². The maximum atomic E-state index is 12.7. The van der Waals surface area contributed by atoms with Gasteiger partial charge in [0.05, 0.1) is 11.7 Å². The molecule has 0 radical (unpaired) electrons. The van der Waals surface area contributed by atoms with Gasteiger partial charge in [0.2, 0.25) is 15.9 Å². The van der Waals surface area contributed by atoms with Gasteiger partial charge in [-0.3, -0.25) is 4.79 Å². The molecule has 31 heavy (non-hydrogen) atoms. The zero-order valence-electron chi connectivity index (χ0n) is 19.1. The summed E-state index contributed by atoms with van der Waals surface area (Å²) in [7, 11) is -3.47. The Hall–Kier alpha value is -2.13. The van der Waals surface area contributed by atoms with Crippen LogP contribution in [0, 0.1) is 5.92 Å². The topological polar surface area (TPSA) is 105 Å². The second-order valence-electron chi connectivity index (χ2n) is 9.28. The number of carbonyl (C=O) groups excluding carboxylic acids is 2. The Morgan fingerprint density at radius 2 is 1.84 bits per heavy atom. The fourth-order valence-corrected chi connectivity index (χ4v) is 4.98. The van der Waals surface area contributed by atoms with Crippen molar-refractivity contribution < 1.29 is 22.7 Å². The summed E-state index contributed by atoms with van der Waals surface area (Å²) in [6.07, 6.45) is 1.02. The molecule has 2 amide bonds. The van der Waals surface area contributed by atoms with E-state index < -0.39 is 21.7 Å². The van der Waals surface area contributed by atoms with Crippen LogP contribution in [0.1, 0.15) is 58.6 Å². The van der Waals surface area contributed by atoms with Crippen molar-refractivity contribution in [2.75, 3.05) is 13.1 Å². The van der Waals surface area contributed by atoms with Crippen LogP contribution < -0.4 is 10.0 Å². The summed E-state index contributed by atoms with van der Waals surface area (Å²) in [6.45, 7) is 10.1. The summed E-state index contributed by atoms with van der Waals surface area (Å²) in [4.78, 5) is 26.7. The van der Waals surface area contributed by atoms with Crippen molar-refractivity contribution in [1.29, 1.82) is 0 Å². The van der Waals surface area contributed by atoms with E-state index in [1.807, 2.05) is 32.9 Å². The summed E-state index contributed by atoms with van der Waals surface area (Å²) >= 11 is 0. The number of likely N-dealkylation sites (tertiary alicyclic amines) is 1. The molecule has 174 valence electrons. The highest BCUT2D eigenvalue weighted by Crippen LogP contribution is 2.20. The minimum Gasteiger partial charge on any atom is -0.444 e. The third kappa shape index (κ3) is 8.49. The average molecular weight is 454 g/mol. The first kappa shape index (κ1) is 25.1. The molecule has 0 aliphatic carbocycles. The zero-order valence-corrected chi connectivity index (χ0v) is 19.9. The summed E-state index contributed by atoms with van der Waals surface area (Å²) in [5.74, 6) is -0.612. The second-order valence-corrected chi connectivity index (χ2v) is 11.0. The highest BCUT2D eigenvalue weighted by Gasteiger charge is 2.31. The lowest BCUT2D eigenvalue weighted by Gasteiger charge is -2.33. The number of rotatable bonds is 7. The average Bonchev–Trinajstić information content (AvgIpc) is 2.64. The number of carbonyl (C=O) groups is 2. The number of benzene rings is 1. The van der Waals surface area contributed by atoms with Gasteiger partial charge in [-0.25, -0.2) is 17.9 Å². The minimum atomic E-state index is -3.47. The highest BCUT2D eigenvalue weighted by molar-refractivity contribution is 7.88. The molecular weight excluding hydrogens is 418 g/mol. The molecule has 0 aromatic heterocycles. The third-order valence-corrected chi connectivity index (χ3v) is 6.30. The Morgan fingerprint density at radius 3 is 2.45 bits per heavy atom. The van der Waals surface area contributed by atoms with Gasteiger partial charge in [0.15, 0.2) is 0 Å². The molecule has 1 heterocycles. The van der Waals surface area contributed by atoms with Gasteiger partial charge in [-0.05, 0) is 58.6 Å². The lowest BCUT2D eigenvalue weighted by atomic mass is 9.97. The van der Waals surface area contributed by atoms with Gasteiger partial charge in [-0.1, -0.05) is 24.3 Å².